The summed E-state index contributed by atoms with van der Waals surface area (Å²) in [6, 6.07) is 0. The largest absolute Gasteiger partial charge is 0.326 e. The third-order valence-electron chi connectivity index (χ3n) is 4.54. The SMILES string of the molecule is CCCN(C(=O)C(/C=C(\C)C(C)(C)C)=C(C)C)C(C)(C)C(C)=O. The van der Waals surface area contributed by atoms with E-state index in [0.29, 0.717) is 12.1 Å². The van der Waals surface area contributed by atoms with Crippen molar-refractivity contribution in [2.75, 3.05) is 6.54 Å². The van der Waals surface area contributed by atoms with Crippen molar-refractivity contribution in [3.05, 3.63) is 22.8 Å². The molecule has 0 rings (SSSR count). The molecule has 0 aliphatic rings. The first-order chi connectivity index (χ1) is 10.3. The van der Waals surface area contributed by atoms with Crippen LogP contribution < -0.4 is 0 Å². The fourth-order valence-electron chi connectivity index (χ4n) is 2.05. The maximum Gasteiger partial charge on any atom is 0.254 e. The van der Waals surface area contributed by atoms with E-state index in [-0.39, 0.29) is 17.1 Å². The first-order valence-electron chi connectivity index (χ1n) is 8.46. The normalized spacial score (nSPS) is 12.9. The molecular formula is C20H35NO2. The van der Waals surface area contributed by atoms with E-state index in [4.69, 9.17) is 0 Å². The Labute approximate surface area is 142 Å². The minimum Gasteiger partial charge on any atom is -0.326 e. The minimum atomic E-state index is -0.794. The Hall–Kier alpha value is -1.38. The first kappa shape index (κ1) is 21.6. The summed E-state index contributed by atoms with van der Waals surface area (Å²) in [5.74, 6) is -0.0559. The van der Waals surface area contributed by atoms with E-state index in [0.717, 1.165) is 17.6 Å². The van der Waals surface area contributed by atoms with Crippen molar-refractivity contribution in [3.8, 4) is 0 Å². The highest BCUT2D eigenvalue weighted by molar-refractivity contribution is 6.01. The summed E-state index contributed by atoms with van der Waals surface area (Å²) in [4.78, 5) is 26.9. The quantitative estimate of drug-likeness (QED) is 0.514. The first-order valence-corrected chi connectivity index (χ1v) is 8.46. The van der Waals surface area contributed by atoms with Gasteiger partial charge in [0, 0.05) is 12.1 Å². The smallest absolute Gasteiger partial charge is 0.254 e. The van der Waals surface area contributed by atoms with Crippen molar-refractivity contribution in [3.63, 3.8) is 0 Å². The average molecular weight is 322 g/mol. The van der Waals surface area contributed by atoms with Gasteiger partial charge in [-0.15, -0.1) is 0 Å². The molecule has 0 N–H and O–H groups in total. The Balaban J connectivity index is 5.98. The molecule has 0 aliphatic heterocycles. The Bertz CT molecular complexity index is 512. The molecule has 0 aromatic heterocycles. The van der Waals surface area contributed by atoms with Crippen LogP contribution in [0.2, 0.25) is 0 Å². The number of hydrogen-bond acceptors (Lipinski definition) is 2. The van der Waals surface area contributed by atoms with Crippen LogP contribution in [0.5, 0.6) is 0 Å². The Morgan fingerprint density at radius 1 is 0.957 bits per heavy atom. The molecular weight excluding hydrogens is 286 g/mol. The van der Waals surface area contributed by atoms with Gasteiger partial charge in [-0.1, -0.05) is 44.9 Å². The van der Waals surface area contributed by atoms with Crippen LogP contribution in [0.3, 0.4) is 0 Å². The van der Waals surface area contributed by atoms with Crippen LogP contribution in [0.1, 0.15) is 75.7 Å². The van der Waals surface area contributed by atoms with E-state index in [9.17, 15) is 9.59 Å². The Morgan fingerprint density at radius 3 is 1.74 bits per heavy atom. The second-order valence-corrected chi connectivity index (χ2v) is 8.06. The van der Waals surface area contributed by atoms with Crippen LogP contribution in [0.4, 0.5) is 0 Å². The summed E-state index contributed by atoms with van der Waals surface area (Å²) in [6.07, 6.45) is 2.80. The highest BCUT2D eigenvalue weighted by Crippen LogP contribution is 2.28. The van der Waals surface area contributed by atoms with Crippen molar-refractivity contribution < 1.29 is 9.59 Å². The monoisotopic (exact) mass is 321 g/mol. The van der Waals surface area contributed by atoms with Gasteiger partial charge in [0.1, 0.15) is 0 Å². The summed E-state index contributed by atoms with van der Waals surface area (Å²) in [5, 5.41) is 0. The van der Waals surface area contributed by atoms with Gasteiger partial charge in [-0.3, -0.25) is 9.59 Å². The van der Waals surface area contributed by atoms with Gasteiger partial charge >= 0.3 is 0 Å². The third kappa shape index (κ3) is 5.63. The molecule has 0 saturated heterocycles. The molecule has 0 fully saturated rings. The number of Topliss-reactive ketones (excluding diaryl/α,β-unsaturated/α-hetero) is 1. The molecule has 0 spiro atoms. The molecule has 23 heavy (non-hydrogen) atoms. The standard InChI is InChI=1S/C20H35NO2/c1-11-12-21(20(9,10)16(5)22)18(23)17(14(2)3)13-15(4)19(6,7)8/h13H,11-12H2,1-10H3/b15-13+. The maximum absolute atomic E-state index is 13.2. The van der Waals surface area contributed by atoms with Crippen molar-refractivity contribution >= 4 is 11.7 Å². The third-order valence-corrected chi connectivity index (χ3v) is 4.54. The summed E-state index contributed by atoms with van der Waals surface area (Å²) in [6.45, 7) is 20.1. The van der Waals surface area contributed by atoms with Crippen LogP contribution in [0, 0.1) is 5.41 Å². The molecule has 0 aliphatic carbocycles. The van der Waals surface area contributed by atoms with E-state index in [1.807, 2.05) is 40.7 Å². The lowest BCUT2D eigenvalue weighted by atomic mass is 9.85. The number of allylic oxidation sites excluding steroid dienone is 2. The van der Waals surface area contributed by atoms with E-state index in [2.05, 4.69) is 27.7 Å². The molecule has 0 saturated carbocycles. The molecule has 0 heterocycles. The van der Waals surface area contributed by atoms with Crippen LogP contribution in [0.25, 0.3) is 0 Å². The molecule has 132 valence electrons. The Kier molecular flexibility index (Phi) is 7.46. The average Bonchev–Trinajstić information content (AvgIpc) is 2.39. The van der Waals surface area contributed by atoms with Gasteiger partial charge in [-0.2, -0.15) is 0 Å². The van der Waals surface area contributed by atoms with Crippen LogP contribution in [0.15, 0.2) is 22.8 Å². The van der Waals surface area contributed by atoms with E-state index in [1.54, 1.807) is 11.8 Å². The highest BCUT2D eigenvalue weighted by atomic mass is 16.2. The minimum absolute atomic E-state index is 0.00364. The predicted molar refractivity (Wildman–Crippen MR) is 98.4 cm³/mol. The summed E-state index contributed by atoms with van der Waals surface area (Å²) in [5.41, 5.74) is 2.03. The van der Waals surface area contributed by atoms with Crippen LogP contribution in [-0.4, -0.2) is 28.7 Å². The molecule has 0 aromatic carbocycles. The van der Waals surface area contributed by atoms with Crippen LogP contribution >= 0.6 is 0 Å². The molecule has 3 heteroatoms. The molecule has 0 aromatic rings. The second kappa shape index (κ2) is 7.94. The molecule has 0 radical (unpaired) electrons. The fourth-order valence-corrected chi connectivity index (χ4v) is 2.05. The number of nitrogens with zero attached hydrogens (tertiary/aromatic N) is 1. The van der Waals surface area contributed by atoms with Gasteiger partial charge in [0.2, 0.25) is 0 Å². The fraction of sp³-hybridized carbons (Fsp3) is 0.700. The topological polar surface area (TPSA) is 37.4 Å². The van der Waals surface area contributed by atoms with Gasteiger partial charge in [-0.25, -0.2) is 0 Å². The van der Waals surface area contributed by atoms with Gasteiger partial charge < -0.3 is 4.90 Å². The summed E-state index contributed by atoms with van der Waals surface area (Å²) < 4.78 is 0. The molecule has 0 bridgehead atoms. The molecule has 0 unspecified atom stereocenters. The van der Waals surface area contributed by atoms with Gasteiger partial charge in [0.15, 0.2) is 5.78 Å². The van der Waals surface area contributed by atoms with Crippen molar-refractivity contribution in [2.24, 2.45) is 5.41 Å². The van der Waals surface area contributed by atoms with E-state index in [1.165, 1.54) is 0 Å². The van der Waals surface area contributed by atoms with Gasteiger partial charge in [-0.05, 0) is 53.4 Å². The van der Waals surface area contributed by atoms with E-state index < -0.39 is 5.54 Å². The van der Waals surface area contributed by atoms with Crippen LogP contribution in [-0.2, 0) is 9.59 Å². The zero-order chi connectivity index (χ0) is 18.6. The van der Waals surface area contributed by atoms with Gasteiger partial charge in [0.25, 0.3) is 5.91 Å². The molecule has 3 nitrogen and oxygen atoms in total. The molecule has 0 atom stereocenters. The van der Waals surface area contributed by atoms with Crippen molar-refractivity contribution in [1.82, 2.24) is 4.90 Å². The van der Waals surface area contributed by atoms with Crippen molar-refractivity contribution in [1.29, 1.82) is 0 Å². The van der Waals surface area contributed by atoms with E-state index >= 15 is 0 Å². The lowest BCUT2D eigenvalue weighted by molar-refractivity contribution is -0.140. The maximum atomic E-state index is 13.2. The molecule has 1 amide bonds. The Morgan fingerprint density at radius 2 is 1.43 bits per heavy atom. The summed E-state index contributed by atoms with van der Waals surface area (Å²) >= 11 is 0. The zero-order valence-electron chi connectivity index (χ0n) is 16.8. The number of carbonyl (C=O) groups excluding carboxylic acids is 2. The second-order valence-electron chi connectivity index (χ2n) is 8.06. The number of carbonyl (C=O) groups is 2. The van der Waals surface area contributed by atoms with Crippen molar-refractivity contribution in [2.45, 2.75) is 81.2 Å². The van der Waals surface area contributed by atoms with Gasteiger partial charge in [0.05, 0.1) is 5.54 Å². The predicted octanol–water partition coefficient (Wildman–Crippen LogP) is 4.92. The lowest BCUT2D eigenvalue weighted by Crippen LogP contribution is -2.53. The zero-order valence-corrected chi connectivity index (χ0v) is 16.8. The lowest BCUT2D eigenvalue weighted by Gasteiger charge is -2.37. The number of hydrogen-bond donors (Lipinski definition) is 0. The number of ketones is 1. The highest BCUT2D eigenvalue weighted by Gasteiger charge is 2.35. The number of rotatable bonds is 6. The number of amides is 1. The summed E-state index contributed by atoms with van der Waals surface area (Å²) in [7, 11) is 0.